The van der Waals surface area contributed by atoms with Crippen molar-refractivity contribution >= 4 is 0 Å². The molecule has 3 heteroatoms. The van der Waals surface area contributed by atoms with Gasteiger partial charge < -0.3 is 0 Å². The zero-order valence-electron chi connectivity index (χ0n) is 15.0. The standard InChI is InChI=1S/C21H31F3/c1-3-4-5-6-17-7-11-19(12-8-17)16(2)15-18-9-13-20(14-10-18)21(22,23)24/h9-10,13-14,16-17,19H,3-8,11-12,15H2,1-2H3. The van der Waals surface area contributed by atoms with Gasteiger partial charge in [-0.25, -0.2) is 0 Å². The van der Waals surface area contributed by atoms with Gasteiger partial charge in [0, 0.05) is 0 Å². The molecule has 0 bridgehead atoms. The summed E-state index contributed by atoms with van der Waals surface area (Å²) in [4.78, 5) is 0. The highest BCUT2D eigenvalue weighted by atomic mass is 19.4. The molecule has 2 rings (SSSR count). The van der Waals surface area contributed by atoms with Crippen molar-refractivity contribution in [3.8, 4) is 0 Å². The first-order valence-electron chi connectivity index (χ1n) is 9.56. The van der Waals surface area contributed by atoms with E-state index in [0.29, 0.717) is 5.92 Å². The van der Waals surface area contributed by atoms with Crippen molar-refractivity contribution in [2.24, 2.45) is 17.8 Å². The van der Waals surface area contributed by atoms with Crippen LogP contribution in [0.2, 0.25) is 0 Å². The Hall–Kier alpha value is -0.990. The second kappa shape index (κ2) is 8.92. The third-order valence-corrected chi connectivity index (χ3v) is 5.75. The monoisotopic (exact) mass is 340 g/mol. The molecule has 136 valence electrons. The third kappa shape index (κ3) is 5.82. The first-order chi connectivity index (χ1) is 11.4. The SMILES string of the molecule is CCCCCC1CCC(C(C)Cc2ccc(C(F)(F)F)cc2)CC1. The van der Waals surface area contributed by atoms with Gasteiger partial charge in [0.15, 0.2) is 0 Å². The van der Waals surface area contributed by atoms with E-state index in [0.717, 1.165) is 23.8 Å². The predicted molar refractivity (Wildman–Crippen MR) is 93.9 cm³/mol. The van der Waals surface area contributed by atoms with Gasteiger partial charge in [0.05, 0.1) is 5.56 Å². The fourth-order valence-electron chi connectivity index (χ4n) is 4.10. The molecule has 1 atom stereocenters. The average Bonchev–Trinajstić information content (AvgIpc) is 2.55. The van der Waals surface area contributed by atoms with Crippen LogP contribution in [0.3, 0.4) is 0 Å². The zero-order valence-corrected chi connectivity index (χ0v) is 15.0. The fourth-order valence-corrected chi connectivity index (χ4v) is 4.10. The Morgan fingerprint density at radius 2 is 1.62 bits per heavy atom. The van der Waals surface area contributed by atoms with Gasteiger partial charge in [-0.15, -0.1) is 0 Å². The number of unbranched alkanes of at least 4 members (excludes halogenated alkanes) is 2. The molecular weight excluding hydrogens is 309 g/mol. The Bertz CT molecular complexity index is 467. The Balaban J connectivity index is 1.78. The van der Waals surface area contributed by atoms with Gasteiger partial charge in [-0.3, -0.25) is 0 Å². The molecule has 24 heavy (non-hydrogen) atoms. The van der Waals surface area contributed by atoms with Gasteiger partial charge in [0.25, 0.3) is 0 Å². The summed E-state index contributed by atoms with van der Waals surface area (Å²) in [7, 11) is 0. The molecule has 0 amide bonds. The van der Waals surface area contributed by atoms with E-state index in [2.05, 4.69) is 13.8 Å². The lowest BCUT2D eigenvalue weighted by atomic mass is 9.73. The van der Waals surface area contributed by atoms with Gasteiger partial charge in [-0.2, -0.15) is 13.2 Å². The molecule has 1 fully saturated rings. The van der Waals surface area contributed by atoms with Crippen molar-refractivity contribution in [3.63, 3.8) is 0 Å². The van der Waals surface area contributed by atoms with Crippen molar-refractivity contribution in [2.75, 3.05) is 0 Å². The Morgan fingerprint density at radius 3 is 2.17 bits per heavy atom. The lowest BCUT2D eigenvalue weighted by Gasteiger charge is -2.32. The lowest BCUT2D eigenvalue weighted by Crippen LogP contribution is -2.21. The van der Waals surface area contributed by atoms with Gasteiger partial charge in [-0.05, 0) is 54.7 Å². The minimum Gasteiger partial charge on any atom is -0.166 e. The van der Waals surface area contributed by atoms with E-state index in [1.165, 1.54) is 63.5 Å². The molecule has 1 aromatic carbocycles. The summed E-state index contributed by atoms with van der Waals surface area (Å²) in [6.45, 7) is 4.51. The first-order valence-corrected chi connectivity index (χ1v) is 9.56. The van der Waals surface area contributed by atoms with E-state index in [1.54, 1.807) is 12.1 Å². The van der Waals surface area contributed by atoms with Crippen LogP contribution in [0, 0.1) is 17.8 Å². The molecule has 1 unspecified atom stereocenters. The van der Waals surface area contributed by atoms with Crippen LogP contribution in [-0.4, -0.2) is 0 Å². The molecule has 0 radical (unpaired) electrons. The van der Waals surface area contributed by atoms with E-state index >= 15 is 0 Å². The van der Waals surface area contributed by atoms with Crippen LogP contribution in [-0.2, 0) is 12.6 Å². The molecule has 0 spiro atoms. The van der Waals surface area contributed by atoms with Crippen molar-refractivity contribution in [2.45, 2.75) is 77.8 Å². The number of hydrogen-bond donors (Lipinski definition) is 0. The van der Waals surface area contributed by atoms with E-state index in [-0.39, 0.29) is 0 Å². The Morgan fingerprint density at radius 1 is 1.00 bits per heavy atom. The highest BCUT2D eigenvalue weighted by Crippen LogP contribution is 2.37. The maximum atomic E-state index is 12.6. The molecular formula is C21H31F3. The first kappa shape index (κ1) is 19.3. The summed E-state index contributed by atoms with van der Waals surface area (Å²) in [6.07, 6.45) is 7.31. The molecule has 1 saturated carbocycles. The second-order valence-corrected chi connectivity index (χ2v) is 7.65. The number of alkyl halides is 3. The summed E-state index contributed by atoms with van der Waals surface area (Å²) in [5, 5.41) is 0. The van der Waals surface area contributed by atoms with Crippen LogP contribution in [0.5, 0.6) is 0 Å². The van der Waals surface area contributed by atoms with Gasteiger partial charge in [-0.1, -0.05) is 64.5 Å². The van der Waals surface area contributed by atoms with Crippen molar-refractivity contribution in [3.05, 3.63) is 35.4 Å². The Kier molecular flexibility index (Phi) is 7.18. The van der Waals surface area contributed by atoms with Crippen LogP contribution in [0.25, 0.3) is 0 Å². The number of hydrogen-bond acceptors (Lipinski definition) is 0. The maximum Gasteiger partial charge on any atom is 0.416 e. The van der Waals surface area contributed by atoms with Crippen molar-refractivity contribution in [1.82, 2.24) is 0 Å². The molecule has 0 aliphatic heterocycles. The number of benzene rings is 1. The van der Waals surface area contributed by atoms with Crippen LogP contribution in [0.4, 0.5) is 13.2 Å². The van der Waals surface area contributed by atoms with Gasteiger partial charge >= 0.3 is 6.18 Å². The highest BCUT2D eigenvalue weighted by molar-refractivity contribution is 5.24. The fraction of sp³-hybridized carbons (Fsp3) is 0.714. The smallest absolute Gasteiger partial charge is 0.166 e. The molecule has 0 heterocycles. The minimum absolute atomic E-state index is 0.550. The summed E-state index contributed by atoms with van der Waals surface area (Å²) in [6, 6.07) is 5.73. The van der Waals surface area contributed by atoms with Crippen LogP contribution < -0.4 is 0 Å². The highest BCUT2D eigenvalue weighted by Gasteiger charge is 2.30. The van der Waals surface area contributed by atoms with Crippen molar-refractivity contribution < 1.29 is 13.2 Å². The molecule has 1 aliphatic carbocycles. The molecule has 1 aromatic rings. The van der Waals surface area contributed by atoms with E-state index < -0.39 is 11.7 Å². The molecule has 0 nitrogen and oxygen atoms in total. The maximum absolute atomic E-state index is 12.6. The summed E-state index contributed by atoms with van der Waals surface area (Å²) in [5.74, 6) is 2.19. The number of rotatable bonds is 7. The molecule has 0 saturated heterocycles. The molecule has 1 aliphatic rings. The van der Waals surface area contributed by atoms with Crippen LogP contribution >= 0.6 is 0 Å². The molecule has 0 aromatic heterocycles. The van der Waals surface area contributed by atoms with E-state index in [1.807, 2.05) is 0 Å². The van der Waals surface area contributed by atoms with E-state index in [9.17, 15) is 13.2 Å². The quantitative estimate of drug-likeness (QED) is 0.458. The van der Waals surface area contributed by atoms with Crippen molar-refractivity contribution in [1.29, 1.82) is 0 Å². The second-order valence-electron chi connectivity index (χ2n) is 7.65. The van der Waals surface area contributed by atoms with Gasteiger partial charge in [0.1, 0.15) is 0 Å². The number of halogens is 3. The zero-order chi connectivity index (χ0) is 17.6. The summed E-state index contributed by atoms with van der Waals surface area (Å²) >= 11 is 0. The summed E-state index contributed by atoms with van der Waals surface area (Å²) < 4.78 is 37.9. The Labute approximate surface area is 144 Å². The third-order valence-electron chi connectivity index (χ3n) is 5.75. The topological polar surface area (TPSA) is 0 Å². The van der Waals surface area contributed by atoms with Gasteiger partial charge in [0.2, 0.25) is 0 Å². The van der Waals surface area contributed by atoms with Crippen LogP contribution in [0.1, 0.15) is 76.3 Å². The predicted octanol–water partition coefficient (Wildman–Crippen LogP) is 7.27. The minimum atomic E-state index is -4.24. The normalized spacial score (nSPS) is 23.2. The lowest BCUT2D eigenvalue weighted by molar-refractivity contribution is -0.137. The largest absolute Gasteiger partial charge is 0.416 e. The average molecular weight is 340 g/mol. The van der Waals surface area contributed by atoms with E-state index in [4.69, 9.17) is 0 Å². The molecule has 0 N–H and O–H groups in total. The van der Waals surface area contributed by atoms with Crippen LogP contribution in [0.15, 0.2) is 24.3 Å². The summed E-state index contributed by atoms with van der Waals surface area (Å²) in [5.41, 5.74) is 0.479.